The predicted molar refractivity (Wildman–Crippen MR) is 119 cm³/mol. The zero-order valence-corrected chi connectivity index (χ0v) is 15.6. The van der Waals surface area contributed by atoms with Crippen LogP contribution < -0.4 is 10.9 Å². The van der Waals surface area contributed by atoms with Crippen molar-refractivity contribution in [3.8, 4) is 22.3 Å². The van der Waals surface area contributed by atoms with Crippen molar-refractivity contribution in [1.29, 1.82) is 0 Å². The zero-order chi connectivity index (χ0) is 18.2. The van der Waals surface area contributed by atoms with Crippen LogP contribution in [0.3, 0.4) is 0 Å². The van der Waals surface area contributed by atoms with E-state index in [1.165, 1.54) is 55.4 Å². The summed E-state index contributed by atoms with van der Waals surface area (Å²) in [5.41, 5.74) is 13.7. The predicted octanol–water partition coefficient (Wildman–Crippen LogP) is 2.55. The van der Waals surface area contributed by atoms with Crippen molar-refractivity contribution in [2.45, 2.75) is 5.41 Å². The van der Waals surface area contributed by atoms with Gasteiger partial charge in [0.15, 0.2) is 0 Å². The van der Waals surface area contributed by atoms with Crippen LogP contribution in [0.25, 0.3) is 22.3 Å². The molecule has 0 radical (unpaired) electrons. The molecule has 124 valence electrons. The Hall–Kier alpha value is -2.99. The number of hydrogen-bond donors (Lipinski definition) is 0. The molecule has 0 unspecified atom stereocenters. The first-order chi connectivity index (χ1) is 13.2. The van der Waals surface area contributed by atoms with Gasteiger partial charge in [-0.05, 0) is 44.5 Å². The second-order valence-corrected chi connectivity index (χ2v) is 7.87. The Morgan fingerprint density at radius 3 is 1.37 bits per heavy atom. The summed E-state index contributed by atoms with van der Waals surface area (Å²) in [7, 11) is 4.46. The Labute approximate surface area is 161 Å². The smallest absolute Gasteiger partial charge is 0.0948 e. The van der Waals surface area contributed by atoms with E-state index in [4.69, 9.17) is 0 Å². The Morgan fingerprint density at radius 2 is 0.852 bits per heavy atom. The molecule has 0 aromatic heterocycles. The third-order valence-corrected chi connectivity index (χ3v) is 6.61. The van der Waals surface area contributed by atoms with Gasteiger partial charge < -0.3 is 0 Å². The Kier molecular flexibility index (Phi) is 2.82. The summed E-state index contributed by atoms with van der Waals surface area (Å²) in [6, 6.07) is 31.7. The molecule has 0 bridgehead atoms. The van der Waals surface area contributed by atoms with Gasteiger partial charge in [-0.3, -0.25) is 0 Å². The average Bonchev–Trinajstić information content (AvgIpc) is 3.16. The highest BCUT2D eigenvalue weighted by Gasteiger charge is 2.51. The van der Waals surface area contributed by atoms with Crippen LogP contribution in [0.5, 0.6) is 0 Å². The monoisotopic (exact) mass is 340 g/mol. The van der Waals surface area contributed by atoms with Crippen molar-refractivity contribution in [2.75, 3.05) is 0 Å². The van der Waals surface area contributed by atoms with Crippen molar-refractivity contribution in [2.24, 2.45) is 0 Å². The second-order valence-electron chi connectivity index (χ2n) is 7.87. The molecule has 4 aromatic carbocycles. The van der Waals surface area contributed by atoms with Crippen molar-refractivity contribution < 1.29 is 0 Å². The van der Waals surface area contributed by atoms with E-state index >= 15 is 0 Å². The fourth-order valence-corrected chi connectivity index (χ4v) is 5.35. The second kappa shape index (κ2) is 5.04. The van der Waals surface area contributed by atoms with E-state index < -0.39 is 0 Å². The van der Waals surface area contributed by atoms with E-state index in [2.05, 4.69) is 101 Å². The molecule has 6 rings (SSSR count). The van der Waals surface area contributed by atoms with Crippen LogP contribution in [0, 0.1) is 0 Å². The van der Waals surface area contributed by atoms with Gasteiger partial charge in [0, 0.05) is 0 Å². The molecule has 1 spiro atoms. The van der Waals surface area contributed by atoms with E-state index in [9.17, 15) is 0 Å². The molecular formula is C25H18B2. The van der Waals surface area contributed by atoms with Gasteiger partial charge in [-0.25, -0.2) is 0 Å². The van der Waals surface area contributed by atoms with Gasteiger partial charge in [-0.15, -0.1) is 0 Å². The SMILES string of the molecule is Bc1cc2c(cc1B)C1(c3ccccc3-c3ccccc31)c1ccccc1-2. The quantitative estimate of drug-likeness (QED) is 0.373. The minimum absolute atomic E-state index is 0.197. The standard InChI is InChI=1S/C25H18B2/c26-23-13-18-17-9-3-6-12-21(17)25(22(18)14-24(23)27)19-10-4-1-7-15(19)16-8-2-5-11-20(16)25/h1-14H,26-27H2. The van der Waals surface area contributed by atoms with Crippen molar-refractivity contribution in [3.05, 3.63) is 107 Å². The molecule has 0 N–H and O–H groups in total. The van der Waals surface area contributed by atoms with Crippen LogP contribution in [0.4, 0.5) is 0 Å². The number of rotatable bonds is 0. The van der Waals surface area contributed by atoms with E-state index in [1.807, 2.05) is 0 Å². The summed E-state index contributed by atoms with van der Waals surface area (Å²) >= 11 is 0. The lowest BCUT2D eigenvalue weighted by Crippen LogP contribution is -2.31. The van der Waals surface area contributed by atoms with Gasteiger partial charge in [0.05, 0.1) is 5.41 Å². The molecule has 0 fully saturated rings. The molecule has 27 heavy (non-hydrogen) atoms. The van der Waals surface area contributed by atoms with Gasteiger partial charge >= 0.3 is 0 Å². The van der Waals surface area contributed by atoms with Crippen LogP contribution in [0.1, 0.15) is 22.3 Å². The summed E-state index contributed by atoms with van der Waals surface area (Å²) in [6.07, 6.45) is 0. The molecule has 0 saturated carbocycles. The van der Waals surface area contributed by atoms with E-state index in [0.717, 1.165) is 0 Å². The lowest BCUT2D eigenvalue weighted by Gasteiger charge is -2.30. The maximum absolute atomic E-state index is 2.43. The normalized spacial score (nSPS) is 14.5. The minimum Gasteiger partial charge on any atom is -0.0948 e. The zero-order valence-electron chi connectivity index (χ0n) is 15.6. The topological polar surface area (TPSA) is 0 Å². The third kappa shape index (κ3) is 1.67. The van der Waals surface area contributed by atoms with Crippen molar-refractivity contribution in [1.82, 2.24) is 0 Å². The van der Waals surface area contributed by atoms with E-state index in [1.54, 1.807) is 0 Å². The van der Waals surface area contributed by atoms with Crippen LogP contribution in [0.15, 0.2) is 84.9 Å². The third-order valence-electron chi connectivity index (χ3n) is 6.61. The minimum atomic E-state index is -0.197. The van der Waals surface area contributed by atoms with Gasteiger partial charge in [0.1, 0.15) is 15.7 Å². The lowest BCUT2D eigenvalue weighted by molar-refractivity contribution is 0.795. The van der Waals surface area contributed by atoms with E-state index in [0.29, 0.717) is 0 Å². The molecule has 4 aromatic rings. The van der Waals surface area contributed by atoms with Crippen LogP contribution >= 0.6 is 0 Å². The highest BCUT2D eigenvalue weighted by atomic mass is 14.5. The highest BCUT2D eigenvalue weighted by Crippen LogP contribution is 2.62. The summed E-state index contributed by atoms with van der Waals surface area (Å²) in [6.45, 7) is 0. The number of fused-ring (bicyclic) bond motifs is 10. The van der Waals surface area contributed by atoms with Gasteiger partial charge in [0.25, 0.3) is 0 Å². The molecule has 0 aliphatic heterocycles. The van der Waals surface area contributed by atoms with Crippen molar-refractivity contribution in [3.63, 3.8) is 0 Å². The lowest BCUT2D eigenvalue weighted by atomic mass is 9.68. The van der Waals surface area contributed by atoms with Gasteiger partial charge in [-0.2, -0.15) is 0 Å². The summed E-state index contributed by atoms with van der Waals surface area (Å²) in [5, 5.41) is 0. The average molecular weight is 340 g/mol. The van der Waals surface area contributed by atoms with E-state index in [-0.39, 0.29) is 5.41 Å². The Morgan fingerprint density at radius 1 is 0.444 bits per heavy atom. The first-order valence-corrected chi connectivity index (χ1v) is 9.64. The fourth-order valence-electron chi connectivity index (χ4n) is 5.35. The summed E-state index contributed by atoms with van der Waals surface area (Å²) < 4.78 is 0. The first kappa shape index (κ1) is 15.1. The molecule has 0 nitrogen and oxygen atoms in total. The Bertz CT molecular complexity index is 1210. The summed E-state index contributed by atoms with van der Waals surface area (Å²) in [5.74, 6) is 0. The van der Waals surface area contributed by atoms with Crippen LogP contribution in [0.2, 0.25) is 0 Å². The highest BCUT2D eigenvalue weighted by molar-refractivity contribution is 6.49. The molecule has 2 aliphatic carbocycles. The Balaban J connectivity index is 1.88. The first-order valence-electron chi connectivity index (χ1n) is 9.64. The molecule has 2 heteroatoms. The number of hydrogen-bond acceptors (Lipinski definition) is 0. The van der Waals surface area contributed by atoms with Crippen LogP contribution in [-0.2, 0) is 5.41 Å². The molecule has 0 atom stereocenters. The molecule has 2 aliphatic rings. The molecule has 0 heterocycles. The van der Waals surface area contributed by atoms with Gasteiger partial charge in [-0.1, -0.05) is 95.9 Å². The largest absolute Gasteiger partial charge is 0.138 e. The molecular weight excluding hydrogens is 322 g/mol. The maximum Gasteiger partial charge on any atom is 0.138 e. The van der Waals surface area contributed by atoms with Crippen molar-refractivity contribution >= 4 is 26.6 Å². The fraction of sp³-hybridized carbons (Fsp3) is 0.0400. The number of benzene rings is 4. The van der Waals surface area contributed by atoms with Crippen LogP contribution in [-0.4, -0.2) is 15.7 Å². The summed E-state index contributed by atoms with van der Waals surface area (Å²) in [4.78, 5) is 0. The molecule has 0 amide bonds. The molecule has 0 saturated heterocycles. The maximum atomic E-state index is 2.43. The van der Waals surface area contributed by atoms with Gasteiger partial charge in [0.2, 0.25) is 0 Å².